The average molecular weight is 206 g/mol. The van der Waals surface area contributed by atoms with Gasteiger partial charge in [0.25, 0.3) is 0 Å². The Morgan fingerprint density at radius 1 is 1.21 bits per heavy atom. The fraction of sp³-hybridized carbons (Fsp3) is 0.400. The van der Waals surface area contributed by atoms with Crippen LogP contribution in [0.15, 0.2) is 18.2 Å². The van der Waals surface area contributed by atoms with E-state index < -0.39 is 18.4 Å². The maximum Gasteiger partial charge on any atom is 0.389 e. The Kier molecular flexibility index (Phi) is 3.13. The molecule has 0 saturated heterocycles. The van der Waals surface area contributed by atoms with Crippen LogP contribution >= 0.6 is 0 Å². The van der Waals surface area contributed by atoms with Crippen LogP contribution in [0.4, 0.5) is 17.6 Å². The highest BCUT2D eigenvalue weighted by molar-refractivity contribution is 5.24. The van der Waals surface area contributed by atoms with E-state index in [1.807, 2.05) is 0 Å². The molecule has 0 spiro atoms. The first-order valence-corrected chi connectivity index (χ1v) is 4.20. The number of alkyl halides is 3. The second-order valence-electron chi connectivity index (χ2n) is 3.21. The van der Waals surface area contributed by atoms with Gasteiger partial charge in [0, 0.05) is 6.42 Å². The molecule has 1 rings (SSSR count). The van der Waals surface area contributed by atoms with Crippen LogP contribution in [0.5, 0.6) is 0 Å². The molecule has 0 unspecified atom stereocenters. The standard InChI is InChI=1S/C10H10F4/c1-7-2-3-9(11)8(6-7)4-5-10(12,13)14/h2-3,6H,4-5H2,1H3. The van der Waals surface area contributed by atoms with E-state index >= 15 is 0 Å². The number of hydrogen-bond donors (Lipinski definition) is 0. The maximum absolute atomic E-state index is 13.0. The topological polar surface area (TPSA) is 0 Å². The molecule has 4 heteroatoms. The Hall–Kier alpha value is -1.06. The van der Waals surface area contributed by atoms with Crippen molar-refractivity contribution in [3.63, 3.8) is 0 Å². The first kappa shape index (κ1) is 11.0. The highest BCUT2D eigenvalue weighted by Crippen LogP contribution is 2.23. The number of halogens is 4. The summed E-state index contributed by atoms with van der Waals surface area (Å²) in [5, 5.41) is 0. The van der Waals surface area contributed by atoms with E-state index in [4.69, 9.17) is 0 Å². The Morgan fingerprint density at radius 2 is 1.86 bits per heavy atom. The van der Waals surface area contributed by atoms with Crippen molar-refractivity contribution < 1.29 is 17.6 Å². The summed E-state index contributed by atoms with van der Waals surface area (Å²) < 4.78 is 48.5. The monoisotopic (exact) mass is 206 g/mol. The van der Waals surface area contributed by atoms with Gasteiger partial charge in [0.15, 0.2) is 0 Å². The van der Waals surface area contributed by atoms with Crippen LogP contribution in [-0.2, 0) is 6.42 Å². The normalized spacial score (nSPS) is 11.8. The van der Waals surface area contributed by atoms with Gasteiger partial charge in [0.1, 0.15) is 5.82 Å². The van der Waals surface area contributed by atoms with Crippen molar-refractivity contribution in [1.82, 2.24) is 0 Å². The third-order valence-corrected chi connectivity index (χ3v) is 1.88. The minimum atomic E-state index is -4.23. The molecule has 0 amide bonds. The first-order valence-electron chi connectivity index (χ1n) is 4.20. The zero-order chi connectivity index (χ0) is 10.8. The lowest BCUT2D eigenvalue weighted by Gasteiger charge is -2.07. The minimum Gasteiger partial charge on any atom is -0.207 e. The van der Waals surface area contributed by atoms with Crippen molar-refractivity contribution in [2.75, 3.05) is 0 Å². The largest absolute Gasteiger partial charge is 0.389 e. The molecule has 14 heavy (non-hydrogen) atoms. The van der Waals surface area contributed by atoms with Crippen molar-refractivity contribution in [3.8, 4) is 0 Å². The van der Waals surface area contributed by atoms with E-state index in [9.17, 15) is 17.6 Å². The number of aryl methyl sites for hydroxylation is 2. The SMILES string of the molecule is Cc1ccc(F)c(CCC(F)(F)F)c1. The van der Waals surface area contributed by atoms with Crippen LogP contribution in [-0.4, -0.2) is 6.18 Å². The van der Waals surface area contributed by atoms with Gasteiger partial charge < -0.3 is 0 Å². The molecule has 0 aromatic heterocycles. The zero-order valence-electron chi connectivity index (χ0n) is 7.66. The highest BCUT2D eigenvalue weighted by Gasteiger charge is 2.26. The molecule has 0 fully saturated rings. The number of hydrogen-bond acceptors (Lipinski definition) is 0. The van der Waals surface area contributed by atoms with Crippen molar-refractivity contribution >= 4 is 0 Å². The first-order chi connectivity index (χ1) is 6.38. The molecule has 1 aromatic rings. The third kappa shape index (κ3) is 3.36. The maximum atomic E-state index is 13.0. The molecule has 0 bridgehead atoms. The van der Waals surface area contributed by atoms with E-state index in [0.29, 0.717) is 0 Å². The lowest BCUT2D eigenvalue weighted by atomic mass is 10.1. The summed E-state index contributed by atoms with van der Waals surface area (Å²) in [5.74, 6) is -0.570. The van der Waals surface area contributed by atoms with Crippen molar-refractivity contribution in [3.05, 3.63) is 35.1 Å². The summed E-state index contributed by atoms with van der Waals surface area (Å²) in [6.45, 7) is 1.72. The minimum absolute atomic E-state index is 0.127. The molecule has 0 nitrogen and oxygen atoms in total. The molecular formula is C10H10F4. The lowest BCUT2D eigenvalue weighted by molar-refractivity contribution is -0.134. The van der Waals surface area contributed by atoms with E-state index in [-0.39, 0.29) is 12.0 Å². The second kappa shape index (κ2) is 3.98. The molecule has 0 radical (unpaired) electrons. The molecule has 78 valence electrons. The summed E-state index contributed by atoms with van der Waals surface area (Å²) in [5.41, 5.74) is 0.894. The van der Waals surface area contributed by atoms with E-state index in [2.05, 4.69) is 0 Å². The van der Waals surface area contributed by atoms with Crippen LogP contribution < -0.4 is 0 Å². The van der Waals surface area contributed by atoms with Crippen molar-refractivity contribution in [1.29, 1.82) is 0 Å². The molecular weight excluding hydrogens is 196 g/mol. The Balaban J connectivity index is 2.72. The lowest BCUT2D eigenvalue weighted by Crippen LogP contribution is -2.09. The Bertz CT molecular complexity index is 314. The fourth-order valence-electron chi connectivity index (χ4n) is 1.17. The molecule has 0 aliphatic carbocycles. The predicted molar refractivity (Wildman–Crippen MR) is 45.5 cm³/mol. The van der Waals surface area contributed by atoms with Gasteiger partial charge in [-0.2, -0.15) is 13.2 Å². The fourth-order valence-corrected chi connectivity index (χ4v) is 1.17. The van der Waals surface area contributed by atoms with Gasteiger partial charge in [-0.05, 0) is 25.0 Å². The van der Waals surface area contributed by atoms with E-state index in [1.54, 1.807) is 6.92 Å². The summed E-state index contributed by atoms with van der Waals surface area (Å²) >= 11 is 0. The Morgan fingerprint density at radius 3 is 2.43 bits per heavy atom. The zero-order valence-corrected chi connectivity index (χ0v) is 7.66. The summed E-state index contributed by atoms with van der Waals surface area (Å²) in [6, 6.07) is 4.18. The molecule has 0 N–H and O–H groups in total. The van der Waals surface area contributed by atoms with Gasteiger partial charge in [-0.3, -0.25) is 0 Å². The van der Waals surface area contributed by atoms with Crippen molar-refractivity contribution in [2.45, 2.75) is 25.9 Å². The molecule has 0 saturated carbocycles. The van der Waals surface area contributed by atoms with Gasteiger partial charge in [0.05, 0.1) is 0 Å². The number of benzene rings is 1. The van der Waals surface area contributed by atoms with E-state index in [0.717, 1.165) is 5.56 Å². The van der Waals surface area contributed by atoms with E-state index in [1.165, 1.54) is 18.2 Å². The molecule has 0 aliphatic heterocycles. The molecule has 0 atom stereocenters. The van der Waals surface area contributed by atoms with Crippen LogP contribution in [0.3, 0.4) is 0 Å². The molecule has 0 aliphatic rings. The molecule has 0 heterocycles. The van der Waals surface area contributed by atoms with Crippen LogP contribution in [0.2, 0.25) is 0 Å². The highest BCUT2D eigenvalue weighted by atomic mass is 19.4. The summed E-state index contributed by atoms with van der Waals surface area (Å²) in [6.07, 6.45) is -5.50. The average Bonchev–Trinajstić information content (AvgIpc) is 2.05. The predicted octanol–water partition coefficient (Wildman–Crippen LogP) is 3.63. The van der Waals surface area contributed by atoms with Crippen LogP contribution in [0.25, 0.3) is 0 Å². The number of rotatable bonds is 2. The Labute approximate surface area is 79.6 Å². The second-order valence-corrected chi connectivity index (χ2v) is 3.21. The summed E-state index contributed by atoms with van der Waals surface area (Å²) in [7, 11) is 0. The van der Waals surface area contributed by atoms with Gasteiger partial charge >= 0.3 is 6.18 Å². The smallest absolute Gasteiger partial charge is 0.207 e. The van der Waals surface area contributed by atoms with Crippen LogP contribution in [0, 0.1) is 12.7 Å². The van der Waals surface area contributed by atoms with Crippen molar-refractivity contribution in [2.24, 2.45) is 0 Å². The quantitative estimate of drug-likeness (QED) is 0.648. The van der Waals surface area contributed by atoms with Gasteiger partial charge in [-0.15, -0.1) is 0 Å². The van der Waals surface area contributed by atoms with Gasteiger partial charge in [-0.25, -0.2) is 4.39 Å². The third-order valence-electron chi connectivity index (χ3n) is 1.88. The molecule has 1 aromatic carbocycles. The van der Waals surface area contributed by atoms with Gasteiger partial charge in [-0.1, -0.05) is 17.7 Å². The van der Waals surface area contributed by atoms with Crippen LogP contribution in [0.1, 0.15) is 17.5 Å². The van der Waals surface area contributed by atoms with Gasteiger partial charge in [0.2, 0.25) is 0 Å². The summed E-state index contributed by atoms with van der Waals surface area (Å²) in [4.78, 5) is 0.